The number of carbonyl (C=O) groups excluding carboxylic acids is 3. The maximum Gasteiger partial charge on any atom is 0.330 e. The maximum absolute atomic E-state index is 11.7. The lowest BCUT2D eigenvalue weighted by Crippen LogP contribution is -2.61. The fraction of sp³-hybridized carbons (Fsp3) is 0.444. The van der Waals surface area contributed by atoms with Crippen molar-refractivity contribution in [1.82, 2.24) is 10.2 Å². The lowest BCUT2D eigenvalue weighted by molar-refractivity contribution is -0.149. The second kappa shape index (κ2) is 3.25. The molecule has 1 heterocycles. The first-order valence-corrected chi connectivity index (χ1v) is 4.18. The molecule has 0 aliphatic carbocycles. The molecule has 1 aliphatic heterocycles. The molecule has 4 amide bonds. The SMILES string of the molecule is C=CC[C@@]1(C)C(=O)NC(=O)N(C)C1=O. The molecular weight excluding hydrogens is 184 g/mol. The molecule has 1 rings (SSSR count). The van der Waals surface area contributed by atoms with Crippen molar-refractivity contribution in [3.63, 3.8) is 0 Å². The van der Waals surface area contributed by atoms with Crippen LogP contribution in [0, 0.1) is 5.41 Å². The van der Waals surface area contributed by atoms with Crippen LogP contribution in [0.3, 0.4) is 0 Å². The minimum absolute atomic E-state index is 0.218. The van der Waals surface area contributed by atoms with Crippen molar-refractivity contribution < 1.29 is 14.4 Å². The Balaban J connectivity index is 3.06. The Morgan fingerprint density at radius 3 is 2.57 bits per heavy atom. The Morgan fingerprint density at radius 2 is 2.07 bits per heavy atom. The number of rotatable bonds is 2. The third-order valence-electron chi connectivity index (χ3n) is 2.36. The van der Waals surface area contributed by atoms with Gasteiger partial charge in [-0.25, -0.2) is 4.79 Å². The van der Waals surface area contributed by atoms with E-state index in [0.29, 0.717) is 0 Å². The molecule has 0 aromatic heterocycles. The molecule has 1 fully saturated rings. The molecule has 0 radical (unpaired) electrons. The Labute approximate surface area is 81.8 Å². The van der Waals surface area contributed by atoms with Crippen LogP contribution in [0.15, 0.2) is 12.7 Å². The second-order valence-corrected chi connectivity index (χ2v) is 3.45. The van der Waals surface area contributed by atoms with E-state index in [1.165, 1.54) is 20.0 Å². The van der Waals surface area contributed by atoms with Gasteiger partial charge in [0.1, 0.15) is 5.41 Å². The first kappa shape index (κ1) is 10.4. The summed E-state index contributed by atoms with van der Waals surface area (Å²) in [5.41, 5.74) is -1.20. The number of amides is 4. The number of urea groups is 1. The average molecular weight is 196 g/mol. The predicted molar refractivity (Wildman–Crippen MR) is 49.2 cm³/mol. The van der Waals surface area contributed by atoms with Crippen molar-refractivity contribution in [3.8, 4) is 0 Å². The van der Waals surface area contributed by atoms with Gasteiger partial charge in [0, 0.05) is 7.05 Å². The van der Waals surface area contributed by atoms with E-state index in [4.69, 9.17) is 0 Å². The van der Waals surface area contributed by atoms with E-state index in [9.17, 15) is 14.4 Å². The van der Waals surface area contributed by atoms with Crippen LogP contribution >= 0.6 is 0 Å². The zero-order chi connectivity index (χ0) is 10.9. The summed E-state index contributed by atoms with van der Waals surface area (Å²) < 4.78 is 0. The summed E-state index contributed by atoms with van der Waals surface area (Å²) in [5.74, 6) is -1.06. The van der Waals surface area contributed by atoms with Gasteiger partial charge < -0.3 is 0 Å². The van der Waals surface area contributed by atoms with Gasteiger partial charge in [-0.05, 0) is 13.3 Å². The third-order valence-corrected chi connectivity index (χ3v) is 2.36. The Morgan fingerprint density at radius 1 is 1.50 bits per heavy atom. The van der Waals surface area contributed by atoms with Crippen molar-refractivity contribution >= 4 is 17.8 Å². The topological polar surface area (TPSA) is 66.5 Å². The Hall–Kier alpha value is -1.65. The fourth-order valence-electron chi connectivity index (χ4n) is 1.35. The first-order valence-electron chi connectivity index (χ1n) is 4.18. The minimum Gasteiger partial charge on any atom is -0.277 e. The predicted octanol–water partition coefficient (Wildman–Crippen LogP) is 0.277. The number of carbonyl (C=O) groups is 3. The van der Waals surface area contributed by atoms with E-state index < -0.39 is 23.3 Å². The van der Waals surface area contributed by atoms with Crippen LogP contribution in [0.2, 0.25) is 0 Å². The van der Waals surface area contributed by atoms with Gasteiger partial charge in [-0.2, -0.15) is 0 Å². The molecule has 0 aromatic rings. The van der Waals surface area contributed by atoms with Crippen LogP contribution in [0.25, 0.3) is 0 Å². The van der Waals surface area contributed by atoms with Crippen LogP contribution in [-0.4, -0.2) is 29.8 Å². The number of barbiturate groups is 1. The Kier molecular flexibility index (Phi) is 2.42. The molecular formula is C9H12N2O3. The maximum atomic E-state index is 11.7. The molecule has 5 heteroatoms. The normalized spacial score (nSPS) is 27.6. The first-order chi connectivity index (χ1) is 6.43. The van der Waals surface area contributed by atoms with Gasteiger partial charge >= 0.3 is 6.03 Å². The standard InChI is InChI=1S/C9H12N2O3/c1-4-5-9(2)6(12)10-8(14)11(3)7(9)13/h4H,1,5H2,2-3H3,(H,10,12,14)/t9-/m0/s1. The molecule has 0 aromatic carbocycles. The van der Waals surface area contributed by atoms with Crippen LogP contribution < -0.4 is 5.32 Å². The van der Waals surface area contributed by atoms with Gasteiger partial charge in [0.25, 0.3) is 0 Å². The molecule has 14 heavy (non-hydrogen) atoms. The minimum atomic E-state index is -1.20. The summed E-state index contributed by atoms with van der Waals surface area (Å²) in [6.45, 7) is 4.97. The summed E-state index contributed by atoms with van der Waals surface area (Å²) in [5, 5.41) is 2.11. The van der Waals surface area contributed by atoms with Gasteiger partial charge in [0.05, 0.1) is 0 Å². The van der Waals surface area contributed by atoms with E-state index >= 15 is 0 Å². The van der Waals surface area contributed by atoms with Gasteiger partial charge in [0.2, 0.25) is 11.8 Å². The molecule has 1 atom stereocenters. The largest absolute Gasteiger partial charge is 0.330 e. The summed E-state index contributed by atoms with van der Waals surface area (Å²) in [4.78, 5) is 35.1. The van der Waals surface area contributed by atoms with E-state index in [1.807, 2.05) is 0 Å². The van der Waals surface area contributed by atoms with E-state index in [0.717, 1.165) is 4.90 Å². The highest BCUT2D eigenvalue weighted by Crippen LogP contribution is 2.27. The lowest BCUT2D eigenvalue weighted by atomic mass is 9.83. The molecule has 5 nitrogen and oxygen atoms in total. The number of allylic oxidation sites excluding steroid dienone is 1. The number of hydrogen-bond donors (Lipinski definition) is 1. The third kappa shape index (κ3) is 1.30. The fourth-order valence-corrected chi connectivity index (χ4v) is 1.35. The molecule has 0 spiro atoms. The quantitative estimate of drug-likeness (QED) is 0.509. The smallest absolute Gasteiger partial charge is 0.277 e. The van der Waals surface area contributed by atoms with Crippen LogP contribution in [0.4, 0.5) is 4.79 Å². The number of imide groups is 2. The molecule has 0 bridgehead atoms. The Bertz CT molecular complexity index is 324. The second-order valence-electron chi connectivity index (χ2n) is 3.45. The monoisotopic (exact) mass is 196 g/mol. The molecule has 1 saturated heterocycles. The van der Waals surface area contributed by atoms with Gasteiger partial charge in [-0.1, -0.05) is 6.08 Å². The van der Waals surface area contributed by atoms with Gasteiger partial charge in [-0.15, -0.1) is 6.58 Å². The summed E-state index contributed by atoms with van der Waals surface area (Å²) in [6.07, 6.45) is 1.70. The summed E-state index contributed by atoms with van der Waals surface area (Å²) in [6, 6.07) is -0.679. The van der Waals surface area contributed by atoms with E-state index in [2.05, 4.69) is 11.9 Å². The van der Waals surface area contributed by atoms with Crippen LogP contribution in [0.5, 0.6) is 0 Å². The average Bonchev–Trinajstić information content (AvgIpc) is 2.13. The number of hydrogen-bond acceptors (Lipinski definition) is 3. The number of nitrogens with one attached hydrogen (secondary N) is 1. The highest BCUT2D eigenvalue weighted by atomic mass is 16.2. The van der Waals surface area contributed by atoms with Crippen molar-refractivity contribution in [2.24, 2.45) is 5.41 Å². The van der Waals surface area contributed by atoms with Crippen LogP contribution in [0.1, 0.15) is 13.3 Å². The zero-order valence-corrected chi connectivity index (χ0v) is 8.16. The molecule has 76 valence electrons. The molecule has 1 N–H and O–H groups in total. The molecule has 0 saturated carbocycles. The molecule has 1 aliphatic rings. The summed E-state index contributed by atoms with van der Waals surface area (Å²) in [7, 11) is 1.34. The summed E-state index contributed by atoms with van der Waals surface area (Å²) >= 11 is 0. The van der Waals surface area contributed by atoms with Crippen molar-refractivity contribution in [2.75, 3.05) is 7.05 Å². The number of nitrogens with zero attached hydrogens (tertiary/aromatic N) is 1. The van der Waals surface area contributed by atoms with Crippen LogP contribution in [-0.2, 0) is 9.59 Å². The van der Waals surface area contributed by atoms with E-state index in [-0.39, 0.29) is 6.42 Å². The van der Waals surface area contributed by atoms with E-state index in [1.54, 1.807) is 0 Å². The van der Waals surface area contributed by atoms with Crippen molar-refractivity contribution in [3.05, 3.63) is 12.7 Å². The zero-order valence-electron chi connectivity index (χ0n) is 8.16. The highest BCUT2D eigenvalue weighted by molar-refractivity contribution is 6.18. The molecule has 0 unspecified atom stereocenters. The van der Waals surface area contributed by atoms with Gasteiger partial charge in [0.15, 0.2) is 0 Å². The highest BCUT2D eigenvalue weighted by Gasteiger charge is 2.48. The van der Waals surface area contributed by atoms with Crippen molar-refractivity contribution in [2.45, 2.75) is 13.3 Å². The lowest BCUT2D eigenvalue weighted by Gasteiger charge is -2.34. The van der Waals surface area contributed by atoms with Gasteiger partial charge in [-0.3, -0.25) is 19.8 Å². The van der Waals surface area contributed by atoms with Crippen molar-refractivity contribution in [1.29, 1.82) is 0 Å².